The van der Waals surface area contributed by atoms with Gasteiger partial charge in [0.25, 0.3) is 5.91 Å². The van der Waals surface area contributed by atoms with Crippen molar-refractivity contribution in [3.05, 3.63) is 18.2 Å². The van der Waals surface area contributed by atoms with E-state index in [-0.39, 0.29) is 29.9 Å². The van der Waals surface area contributed by atoms with Crippen LogP contribution in [0.25, 0.3) is 0 Å². The van der Waals surface area contributed by atoms with Crippen molar-refractivity contribution in [3.63, 3.8) is 0 Å². The predicted molar refractivity (Wildman–Crippen MR) is 112 cm³/mol. The number of anilines is 1. The van der Waals surface area contributed by atoms with Gasteiger partial charge in [0.2, 0.25) is 15.9 Å². The highest BCUT2D eigenvalue weighted by Crippen LogP contribution is 2.35. The number of sulfonamides is 1. The first kappa shape index (κ1) is 21.1. The fraction of sp³-hybridized carbons (Fsp3) is 0.619. The Balaban J connectivity index is 1.60. The van der Waals surface area contributed by atoms with E-state index in [2.05, 4.69) is 13.8 Å². The van der Waals surface area contributed by atoms with Gasteiger partial charge in [0.1, 0.15) is 12.3 Å². The number of hydrogen-bond acceptors (Lipinski definition) is 5. The molecule has 0 spiro atoms. The monoisotopic (exact) mass is 435 g/mol. The number of benzene rings is 1. The van der Waals surface area contributed by atoms with Gasteiger partial charge in [-0.25, -0.2) is 8.42 Å². The largest absolute Gasteiger partial charge is 0.482 e. The van der Waals surface area contributed by atoms with E-state index in [4.69, 9.17) is 4.74 Å². The topological polar surface area (TPSA) is 87.2 Å². The lowest BCUT2D eigenvalue weighted by molar-refractivity contribution is -0.134. The zero-order valence-electron chi connectivity index (χ0n) is 17.5. The molecular weight excluding hydrogens is 406 g/mol. The molecule has 0 aromatic heterocycles. The molecule has 4 rings (SSSR count). The molecule has 8 nitrogen and oxygen atoms in total. The number of amides is 2. The summed E-state index contributed by atoms with van der Waals surface area (Å²) in [5.74, 6) is 0.792. The molecule has 0 saturated carbocycles. The van der Waals surface area contributed by atoms with Crippen molar-refractivity contribution in [2.45, 2.75) is 38.0 Å². The molecule has 2 fully saturated rings. The second-order valence-electron chi connectivity index (χ2n) is 8.75. The SMILES string of the molecule is C[C@@H]1C[C@H](C)CN(C(=O)CN2C(=O)COc3ccc(S(=O)(=O)N4CCCC4)cc32)C1. The van der Waals surface area contributed by atoms with E-state index in [0.717, 1.165) is 19.3 Å². The van der Waals surface area contributed by atoms with Crippen LogP contribution in [0.1, 0.15) is 33.1 Å². The molecule has 3 aliphatic rings. The van der Waals surface area contributed by atoms with Gasteiger partial charge in [-0.2, -0.15) is 4.31 Å². The van der Waals surface area contributed by atoms with Gasteiger partial charge < -0.3 is 9.64 Å². The second kappa shape index (κ2) is 8.19. The second-order valence-corrected chi connectivity index (χ2v) is 10.7. The van der Waals surface area contributed by atoms with Gasteiger partial charge in [-0.15, -0.1) is 0 Å². The number of piperidine rings is 1. The highest BCUT2D eigenvalue weighted by Gasteiger charge is 2.34. The zero-order chi connectivity index (χ0) is 21.5. The molecule has 0 aliphatic carbocycles. The minimum atomic E-state index is -3.63. The average Bonchev–Trinajstić information content (AvgIpc) is 3.24. The quantitative estimate of drug-likeness (QED) is 0.718. The van der Waals surface area contributed by atoms with Crippen LogP contribution < -0.4 is 9.64 Å². The molecule has 0 bridgehead atoms. The molecule has 2 atom stereocenters. The fourth-order valence-corrected chi connectivity index (χ4v) is 6.23. The summed E-state index contributed by atoms with van der Waals surface area (Å²) in [5, 5.41) is 0. The fourth-order valence-electron chi connectivity index (χ4n) is 4.70. The van der Waals surface area contributed by atoms with Crippen molar-refractivity contribution >= 4 is 27.5 Å². The van der Waals surface area contributed by atoms with E-state index >= 15 is 0 Å². The third-order valence-corrected chi connectivity index (χ3v) is 7.99. The van der Waals surface area contributed by atoms with Crippen molar-refractivity contribution in [2.75, 3.05) is 44.2 Å². The van der Waals surface area contributed by atoms with Crippen LogP contribution in [0.3, 0.4) is 0 Å². The molecule has 0 radical (unpaired) electrons. The van der Waals surface area contributed by atoms with Crippen LogP contribution in [0, 0.1) is 11.8 Å². The molecule has 9 heteroatoms. The Morgan fingerprint density at radius 3 is 2.47 bits per heavy atom. The van der Waals surface area contributed by atoms with Crippen LogP contribution in [0.2, 0.25) is 0 Å². The number of likely N-dealkylation sites (tertiary alicyclic amines) is 1. The lowest BCUT2D eigenvalue weighted by Crippen LogP contribution is -2.50. The Labute approximate surface area is 177 Å². The average molecular weight is 436 g/mol. The summed E-state index contributed by atoms with van der Waals surface area (Å²) < 4.78 is 32.9. The number of fused-ring (bicyclic) bond motifs is 1. The first-order valence-electron chi connectivity index (χ1n) is 10.6. The van der Waals surface area contributed by atoms with E-state index in [9.17, 15) is 18.0 Å². The molecule has 30 heavy (non-hydrogen) atoms. The predicted octanol–water partition coefficient (Wildman–Crippen LogP) is 1.70. The van der Waals surface area contributed by atoms with Crippen molar-refractivity contribution in [2.24, 2.45) is 11.8 Å². The van der Waals surface area contributed by atoms with E-state index in [1.54, 1.807) is 6.07 Å². The molecule has 0 N–H and O–H groups in total. The summed E-state index contributed by atoms with van der Waals surface area (Å²) in [6.45, 7) is 6.34. The maximum atomic E-state index is 13.0. The van der Waals surface area contributed by atoms with E-state index in [0.29, 0.717) is 49.5 Å². The Kier molecular flexibility index (Phi) is 5.76. The highest BCUT2D eigenvalue weighted by molar-refractivity contribution is 7.89. The first-order valence-corrected chi connectivity index (χ1v) is 12.0. The Morgan fingerprint density at radius 2 is 1.80 bits per heavy atom. The minimum absolute atomic E-state index is 0.109. The molecular formula is C21H29N3O5S. The molecule has 2 amide bonds. The number of carbonyl (C=O) groups excluding carboxylic acids is 2. The molecule has 1 aromatic carbocycles. The lowest BCUT2D eigenvalue weighted by atomic mass is 9.92. The Bertz CT molecular complexity index is 932. The molecule has 2 saturated heterocycles. The minimum Gasteiger partial charge on any atom is -0.482 e. The van der Waals surface area contributed by atoms with Crippen molar-refractivity contribution in [1.29, 1.82) is 0 Å². The number of nitrogens with zero attached hydrogens (tertiary/aromatic N) is 3. The zero-order valence-corrected chi connectivity index (χ0v) is 18.4. The summed E-state index contributed by atoms with van der Waals surface area (Å²) in [6, 6.07) is 4.55. The van der Waals surface area contributed by atoms with Crippen LogP contribution in [-0.4, -0.2) is 68.8 Å². The summed E-state index contributed by atoms with van der Waals surface area (Å²) in [5.41, 5.74) is 0.345. The normalized spacial score (nSPS) is 25.2. The summed E-state index contributed by atoms with van der Waals surface area (Å²) in [6.07, 6.45) is 2.78. The Hall–Kier alpha value is -2.13. The van der Waals surface area contributed by atoms with Crippen molar-refractivity contribution < 1.29 is 22.7 Å². The van der Waals surface area contributed by atoms with Gasteiger partial charge in [0.15, 0.2) is 6.61 Å². The van der Waals surface area contributed by atoms with Gasteiger partial charge >= 0.3 is 0 Å². The Morgan fingerprint density at radius 1 is 1.13 bits per heavy atom. The summed E-state index contributed by atoms with van der Waals surface area (Å²) >= 11 is 0. The van der Waals surface area contributed by atoms with Gasteiger partial charge in [0.05, 0.1) is 10.6 Å². The smallest absolute Gasteiger partial charge is 0.265 e. The van der Waals surface area contributed by atoms with E-state index in [1.165, 1.54) is 21.3 Å². The molecule has 3 aliphatic heterocycles. The number of rotatable bonds is 4. The number of carbonyl (C=O) groups is 2. The van der Waals surface area contributed by atoms with Crippen molar-refractivity contribution in [3.8, 4) is 5.75 Å². The van der Waals surface area contributed by atoms with Crippen LogP contribution in [0.4, 0.5) is 5.69 Å². The lowest BCUT2D eigenvalue weighted by Gasteiger charge is -2.37. The third kappa shape index (κ3) is 4.05. The number of hydrogen-bond donors (Lipinski definition) is 0. The van der Waals surface area contributed by atoms with Gasteiger partial charge in [-0.3, -0.25) is 14.5 Å². The third-order valence-electron chi connectivity index (χ3n) is 6.09. The highest BCUT2D eigenvalue weighted by atomic mass is 32.2. The van der Waals surface area contributed by atoms with Crippen molar-refractivity contribution in [1.82, 2.24) is 9.21 Å². The van der Waals surface area contributed by atoms with Crippen LogP contribution in [-0.2, 0) is 19.6 Å². The van der Waals surface area contributed by atoms with E-state index < -0.39 is 10.0 Å². The van der Waals surface area contributed by atoms with Gasteiger partial charge in [-0.1, -0.05) is 13.8 Å². The number of ether oxygens (including phenoxy) is 1. The first-order chi connectivity index (χ1) is 14.3. The summed E-state index contributed by atoms with van der Waals surface area (Å²) in [4.78, 5) is 28.9. The summed E-state index contributed by atoms with van der Waals surface area (Å²) in [7, 11) is -3.63. The van der Waals surface area contributed by atoms with Crippen LogP contribution in [0.15, 0.2) is 23.1 Å². The standard InChI is InChI=1S/C21H29N3O5S/c1-15-9-16(2)12-22(11-15)20(25)13-24-18-10-17(5-6-19(18)29-14-21(24)26)30(27,28)23-7-3-4-8-23/h5-6,10,15-16H,3-4,7-9,11-14H2,1-2H3/t15-,16+. The molecule has 3 heterocycles. The molecule has 0 unspecified atom stereocenters. The van der Waals surface area contributed by atoms with Gasteiger partial charge in [0, 0.05) is 26.2 Å². The van der Waals surface area contributed by atoms with E-state index in [1.807, 2.05) is 4.90 Å². The maximum Gasteiger partial charge on any atom is 0.265 e. The van der Waals surface area contributed by atoms with Crippen LogP contribution >= 0.6 is 0 Å². The van der Waals surface area contributed by atoms with Gasteiger partial charge in [-0.05, 0) is 49.3 Å². The molecule has 164 valence electrons. The van der Waals surface area contributed by atoms with Crippen LogP contribution in [0.5, 0.6) is 5.75 Å². The maximum absolute atomic E-state index is 13.0. The molecule has 1 aromatic rings.